The fourth-order valence-electron chi connectivity index (χ4n) is 4.44. The van der Waals surface area contributed by atoms with E-state index in [0.29, 0.717) is 12.2 Å². The van der Waals surface area contributed by atoms with E-state index in [1.807, 2.05) is 6.07 Å². The molecule has 7 nitrogen and oxygen atoms in total. The van der Waals surface area contributed by atoms with Crippen molar-refractivity contribution < 1.29 is 37.7 Å². The van der Waals surface area contributed by atoms with E-state index in [1.165, 1.54) is 36.4 Å². The zero-order valence-electron chi connectivity index (χ0n) is 21.2. The third-order valence-corrected chi connectivity index (χ3v) is 6.29. The second-order valence-electron chi connectivity index (χ2n) is 9.16. The summed E-state index contributed by atoms with van der Waals surface area (Å²) in [7, 11) is 0. The number of halogens is 2. The van der Waals surface area contributed by atoms with Crippen molar-refractivity contribution in [3.05, 3.63) is 89.5 Å². The minimum Gasteiger partial charge on any atom is -0.479 e. The summed E-state index contributed by atoms with van der Waals surface area (Å²) in [5, 5.41) is 11.3. The van der Waals surface area contributed by atoms with Gasteiger partial charge in [0.05, 0.1) is 18.0 Å². The van der Waals surface area contributed by atoms with Gasteiger partial charge in [0.15, 0.2) is 6.10 Å². The number of fused-ring (bicyclic) bond motifs is 1. The van der Waals surface area contributed by atoms with Gasteiger partial charge in [-0.3, -0.25) is 0 Å². The van der Waals surface area contributed by atoms with Crippen LogP contribution in [0.5, 0.6) is 5.75 Å². The van der Waals surface area contributed by atoms with Gasteiger partial charge < -0.3 is 19.3 Å². The molecule has 0 aromatic heterocycles. The summed E-state index contributed by atoms with van der Waals surface area (Å²) < 4.78 is 44.2. The number of carbonyl (C=O) groups excluding carboxylic acids is 2. The van der Waals surface area contributed by atoms with Crippen LogP contribution in [0, 0.1) is 11.6 Å². The summed E-state index contributed by atoms with van der Waals surface area (Å²) in [6, 6.07) is 15.9. The van der Waals surface area contributed by atoms with Crippen LogP contribution in [0.15, 0.2) is 66.7 Å². The molecule has 200 valence electrons. The molecule has 1 aliphatic rings. The molecule has 0 spiro atoms. The third kappa shape index (κ3) is 6.28. The molecule has 0 bridgehead atoms. The van der Waals surface area contributed by atoms with Crippen LogP contribution in [0.4, 0.5) is 25.0 Å². The average molecular weight is 526 g/mol. The lowest BCUT2D eigenvalue weighted by Crippen LogP contribution is -2.42. The first-order valence-corrected chi connectivity index (χ1v) is 12.3. The van der Waals surface area contributed by atoms with Crippen molar-refractivity contribution in [2.24, 2.45) is 0 Å². The van der Waals surface area contributed by atoms with Gasteiger partial charge in [0.2, 0.25) is 0 Å². The van der Waals surface area contributed by atoms with Crippen LogP contribution >= 0.6 is 0 Å². The summed E-state index contributed by atoms with van der Waals surface area (Å²) in [5.74, 6) is -1.08. The van der Waals surface area contributed by atoms with Crippen molar-refractivity contribution in [2.45, 2.75) is 44.8 Å². The van der Waals surface area contributed by atoms with Gasteiger partial charge >= 0.3 is 12.1 Å². The van der Waals surface area contributed by atoms with E-state index in [4.69, 9.17) is 14.2 Å². The van der Waals surface area contributed by atoms with Crippen molar-refractivity contribution in [2.75, 3.05) is 18.1 Å². The molecule has 0 heterocycles. The third-order valence-electron chi connectivity index (χ3n) is 6.29. The maximum Gasteiger partial charge on any atom is 0.419 e. The highest BCUT2D eigenvalue weighted by Gasteiger charge is 2.36. The Morgan fingerprint density at radius 2 is 1.63 bits per heavy atom. The van der Waals surface area contributed by atoms with Crippen LogP contribution in [0.2, 0.25) is 0 Å². The molecule has 2 atom stereocenters. The number of nitrogens with zero attached hydrogens (tertiary/aromatic N) is 1. The molecular formula is C29H29F2NO6. The molecule has 0 saturated heterocycles. The van der Waals surface area contributed by atoms with E-state index in [2.05, 4.69) is 0 Å². The molecule has 1 aliphatic carbocycles. The van der Waals surface area contributed by atoms with E-state index in [0.717, 1.165) is 28.2 Å². The van der Waals surface area contributed by atoms with Crippen molar-refractivity contribution in [3.63, 3.8) is 0 Å². The summed E-state index contributed by atoms with van der Waals surface area (Å²) in [4.78, 5) is 26.2. The minimum absolute atomic E-state index is 0.152. The first-order chi connectivity index (χ1) is 18.2. The van der Waals surface area contributed by atoms with Crippen LogP contribution < -0.4 is 9.64 Å². The molecule has 1 amide bonds. The van der Waals surface area contributed by atoms with Crippen molar-refractivity contribution in [3.8, 4) is 5.75 Å². The second kappa shape index (κ2) is 11.6. The number of anilines is 2. The molecule has 4 rings (SSSR count). The van der Waals surface area contributed by atoms with Crippen LogP contribution in [-0.2, 0) is 27.1 Å². The molecular weight excluding hydrogens is 496 g/mol. The molecule has 3 aromatic carbocycles. The number of carbonyl (C=O) groups is 2. The lowest BCUT2D eigenvalue weighted by molar-refractivity contribution is -0.150. The minimum atomic E-state index is -1.37. The lowest BCUT2D eigenvalue weighted by atomic mass is 9.80. The van der Waals surface area contributed by atoms with Gasteiger partial charge in [-0.15, -0.1) is 0 Å². The van der Waals surface area contributed by atoms with Crippen LogP contribution in [-0.4, -0.2) is 42.1 Å². The first kappa shape index (κ1) is 27.1. The fraction of sp³-hybridized carbons (Fsp3) is 0.310. The first-order valence-electron chi connectivity index (χ1n) is 12.3. The predicted octanol–water partition coefficient (Wildman–Crippen LogP) is 5.49. The van der Waals surface area contributed by atoms with E-state index in [9.17, 15) is 23.5 Å². The Labute approximate surface area is 219 Å². The molecule has 0 saturated carbocycles. The summed E-state index contributed by atoms with van der Waals surface area (Å²) in [6.45, 7) is 3.24. The number of hydrogen-bond donors (Lipinski definition) is 1. The predicted molar refractivity (Wildman–Crippen MR) is 136 cm³/mol. The number of ether oxygens (including phenoxy) is 3. The lowest BCUT2D eigenvalue weighted by Gasteiger charge is -2.34. The standard InChI is InChI=1S/C29H29F2NO6/c1-3-36-27(33)19(2)38-26-12-4-7-20-17-29(35,14-13-25(20)26)18-37-28(34)32(23-10-5-8-21(30)15-23)24-11-6-9-22(31)16-24/h4-12,15-16,19,35H,3,13-14,17-18H2,1-2H3/t19?,29-/m1/s1. The van der Waals surface area contributed by atoms with Gasteiger partial charge in [0.25, 0.3) is 0 Å². The summed E-state index contributed by atoms with van der Waals surface area (Å²) >= 11 is 0. The van der Waals surface area contributed by atoms with E-state index in [-0.39, 0.29) is 37.4 Å². The topological polar surface area (TPSA) is 85.3 Å². The Morgan fingerprint density at radius 3 is 2.24 bits per heavy atom. The maximum atomic E-state index is 13.9. The van der Waals surface area contributed by atoms with Gasteiger partial charge in [-0.2, -0.15) is 0 Å². The summed E-state index contributed by atoms with van der Waals surface area (Å²) in [6.07, 6.45) is -0.810. The Morgan fingerprint density at radius 1 is 1.00 bits per heavy atom. The van der Waals surface area contributed by atoms with Crippen LogP contribution in [0.3, 0.4) is 0 Å². The Hall–Kier alpha value is -3.98. The second-order valence-corrected chi connectivity index (χ2v) is 9.16. The molecule has 0 fully saturated rings. The molecule has 0 aliphatic heterocycles. The van der Waals surface area contributed by atoms with Gasteiger partial charge in [-0.1, -0.05) is 24.3 Å². The summed E-state index contributed by atoms with van der Waals surface area (Å²) in [5.41, 5.74) is 0.596. The number of hydrogen-bond acceptors (Lipinski definition) is 6. The number of esters is 1. The van der Waals surface area contributed by atoms with E-state index >= 15 is 0 Å². The molecule has 0 radical (unpaired) electrons. The zero-order valence-corrected chi connectivity index (χ0v) is 21.2. The molecule has 1 N–H and O–H groups in total. The Balaban J connectivity index is 1.49. The quantitative estimate of drug-likeness (QED) is 0.392. The Kier molecular flexibility index (Phi) is 8.26. The highest BCUT2D eigenvalue weighted by Crippen LogP contribution is 2.35. The van der Waals surface area contributed by atoms with Gasteiger partial charge in [-0.05, 0) is 80.3 Å². The fourth-order valence-corrected chi connectivity index (χ4v) is 4.44. The number of rotatable bonds is 8. The maximum absolute atomic E-state index is 13.9. The van der Waals surface area contributed by atoms with E-state index in [1.54, 1.807) is 26.0 Å². The highest BCUT2D eigenvalue weighted by atomic mass is 19.1. The zero-order chi connectivity index (χ0) is 27.3. The molecule has 1 unspecified atom stereocenters. The van der Waals surface area contributed by atoms with Gasteiger partial charge in [0.1, 0.15) is 29.6 Å². The number of amides is 1. The van der Waals surface area contributed by atoms with Crippen molar-refractivity contribution in [1.82, 2.24) is 0 Å². The monoisotopic (exact) mass is 525 g/mol. The van der Waals surface area contributed by atoms with Crippen molar-refractivity contribution in [1.29, 1.82) is 0 Å². The number of benzene rings is 3. The molecule has 9 heteroatoms. The van der Waals surface area contributed by atoms with Gasteiger partial charge in [0, 0.05) is 6.42 Å². The molecule has 3 aromatic rings. The number of aliphatic hydroxyl groups is 1. The highest BCUT2D eigenvalue weighted by molar-refractivity contribution is 5.96. The van der Waals surface area contributed by atoms with Gasteiger partial charge in [-0.25, -0.2) is 23.3 Å². The SMILES string of the molecule is CCOC(=O)C(C)Oc1cccc2c1CC[C@](O)(COC(=O)N(c1cccc(F)c1)c1cccc(F)c1)C2. The molecule has 38 heavy (non-hydrogen) atoms. The normalized spacial score (nSPS) is 17.2. The van der Waals surface area contributed by atoms with E-state index < -0.39 is 35.4 Å². The smallest absolute Gasteiger partial charge is 0.419 e. The van der Waals surface area contributed by atoms with Crippen LogP contribution in [0.1, 0.15) is 31.4 Å². The average Bonchev–Trinajstić information content (AvgIpc) is 2.88. The van der Waals surface area contributed by atoms with Crippen molar-refractivity contribution >= 4 is 23.4 Å². The Bertz CT molecular complexity index is 1270. The van der Waals surface area contributed by atoms with Crippen LogP contribution in [0.25, 0.3) is 0 Å². The largest absolute Gasteiger partial charge is 0.479 e.